The van der Waals surface area contributed by atoms with Crippen LogP contribution in [0.15, 0.2) is 185 Å². The number of amides is 1. The molecule has 1 amide bonds. The molecule has 0 aromatic carbocycles. The van der Waals surface area contributed by atoms with Gasteiger partial charge in [-0.1, -0.05) is 0 Å². The maximum Gasteiger partial charge on any atom is 0.339 e. The lowest BCUT2D eigenvalue weighted by Crippen LogP contribution is -2.21. The Labute approximate surface area is 449 Å². The molecule has 5 N–H and O–H groups in total. The molecule has 0 radical (unpaired) electrons. The van der Waals surface area contributed by atoms with E-state index in [1.165, 1.54) is 44.8 Å². The number of hydrogen-bond acceptors (Lipinski definition) is 26. The third kappa shape index (κ3) is 20.6. The first kappa shape index (κ1) is 57.5. The van der Waals surface area contributed by atoms with Crippen molar-refractivity contribution in [2.24, 2.45) is 0 Å². The number of rotatable bonds is 12. The average Bonchev–Trinajstić information content (AvgIpc) is 3.51. The van der Waals surface area contributed by atoms with Crippen molar-refractivity contribution in [3.63, 3.8) is 0 Å². The first-order chi connectivity index (χ1) is 37.8. The summed E-state index contributed by atoms with van der Waals surface area (Å²) in [6.07, 6.45) is 34.7. The van der Waals surface area contributed by atoms with Gasteiger partial charge in [0.15, 0.2) is 11.6 Å². The van der Waals surface area contributed by atoms with Gasteiger partial charge in [0.2, 0.25) is 0 Å². The molecule has 0 aliphatic heterocycles. The Morgan fingerprint density at radius 3 is 1.35 bits per heavy atom. The fourth-order valence-corrected chi connectivity index (χ4v) is 5.87. The number of nitrogen functional groups attached to an aromatic ring is 1. The first-order valence-electron chi connectivity index (χ1n) is 21.7. The number of halogens is 3. The highest BCUT2D eigenvalue weighted by Gasteiger charge is 2.16. The topological polar surface area (TPSA) is 352 Å². The quantitative estimate of drug-likeness (QED) is 0.0479. The molecule has 30 heteroatoms. The van der Waals surface area contributed by atoms with E-state index in [1.807, 2.05) is 9.80 Å². The van der Waals surface area contributed by atoms with Gasteiger partial charge in [-0.25, -0.2) is 70.1 Å². The van der Waals surface area contributed by atoms with Crippen LogP contribution in [0.25, 0.3) is 0 Å². The monoisotopic (exact) mass is 1160 g/mol. The minimum Gasteiger partial charge on any atom is -0.465 e. The predicted molar refractivity (Wildman–Crippen MR) is 280 cm³/mol. The van der Waals surface area contributed by atoms with Gasteiger partial charge in [0.1, 0.15) is 58.1 Å². The number of ether oxygens (including phenoxy) is 1. The van der Waals surface area contributed by atoms with E-state index in [0.29, 0.717) is 65.1 Å². The number of hydroxylamine groups is 1. The SMILES string of the molecule is COC(=O)c1ccc(CN(c2ccncn2)c2cnccn2)nc1.FF.Ic1cnccn1.Nc1ccncn1.O=C(NO)c1ccc(CN(c2ccncn2)c2cnccn2)nc1.c1cc(Nc2cnccn2)ncn1. The van der Waals surface area contributed by atoms with E-state index in [2.05, 4.69) is 122 Å². The van der Waals surface area contributed by atoms with Crippen molar-refractivity contribution in [1.29, 1.82) is 0 Å². The van der Waals surface area contributed by atoms with Crippen molar-refractivity contribution in [2.45, 2.75) is 13.1 Å². The zero-order chi connectivity index (χ0) is 54.7. The highest BCUT2D eigenvalue weighted by atomic mass is 127. The Morgan fingerprint density at radius 2 is 1.00 bits per heavy atom. The first-order valence-corrected chi connectivity index (χ1v) is 22.8. The van der Waals surface area contributed by atoms with Gasteiger partial charge in [-0.2, -0.15) is 0 Å². The van der Waals surface area contributed by atoms with Crippen molar-refractivity contribution in [3.05, 3.63) is 212 Å². The molecule has 0 aliphatic carbocycles. The Balaban J connectivity index is 0.000000191. The summed E-state index contributed by atoms with van der Waals surface area (Å²) >= 11 is 2.11. The van der Waals surface area contributed by atoms with E-state index in [9.17, 15) is 9.59 Å². The van der Waals surface area contributed by atoms with Crippen LogP contribution in [0, 0.1) is 3.70 Å². The molecule has 0 spiro atoms. The van der Waals surface area contributed by atoms with Gasteiger partial charge in [0, 0.05) is 95.9 Å². The van der Waals surface area contributed by atoms with Crippen molar-refractivity contribution in [1.82, 2.24) is 95.2 Å². The zero-order valence-corrected chi connectivity index (χ0v) is 42.2. The molecule has 0 unspecified atom stereocenters. The third-order valence-corrected chi connectivity index (χ3v) is 9.51. The highest BCUT2D eigenvalue weighted by molar-refractivity contribution is 14.1. The lowest BCUT2D eigenvalue weighted by molar-refractivity contribution is 0.0599. The standard InChI is InChI=1S/C16H14N6O2.C15H13N7O2.C8H7N5.C4H3IN2.C4H5N3.F2/c1-24-16(23)12-2-3-13(20-8-12)10-22(14-4-5-18-11-21-14)15-9-17-6-7-19-15;23-15(21-24)11-1-2-12(19-7-11)9-22(13-3-4-17-10-20-13)14-8-16-5-6-18-14;1-2-10-6-12-7(1)13-8-5-9-3-4-11-8;5-4-3-6-1-2-7-4;5-4-1-2-6-3-7-4;1-2/h2-9,11H,10H2,1H3;1-8,10,24H,9H2,(H,21,23);1-6H,(H,10,11,12,13);1-3H;1-3H,(H2,5,6,7);. The lowest BCUT2D eigenvalue weighted by Gasteiger charge is -2.21. The normalized spacial score (nSPS) is 9.62. The minimum atomic E-state index is -0.615. The zero-order valence-electron chi connectivity index (χ0n) is 40.1. The van der Waals surface area contributed by atoms with Gasteiger partial charge in [-0.15, -0.1) is 0 Å². The van der Waals surface area contributed by atoms with E-state index in [4.69, 9.17) is 20.1 Å². The third-order valence-electron chi connectivity index (χ3n) is 8.95. The molecule has 0 atom stereocenters. The molecule has 0 aliphatic rings. The largest absolute Gasteiger partial charge is 0.465 e. The minimum absolute atomic E-state index is 0.259. The van der Waals surface area contributed by atoms with E-state index < -0.39 is 11.9 Å². The smallest absolute Gasteiger partial charge is 0.339 e. The number of nitrogens with two attached hydrogens (primary N) is 1. The second-order valence-electron chi connectivity index (χ2n) is 13.9. The molecule has 77 heavy (non-hydrogen) atoms. The van der Waals surface area contributed by atoms with Crippen LogP contribution in [-0.4, -0.2) is 114 Å². The van der Waals surface area contributed by atoms with Crippen LogP contribution in [0.3, 0.4) is 0 Å². The summed E-state index contributed by atoms with van der Waals surface area (Å²) in [6.45, 7) is 0.786. The molecule has 10 aromatic rings. The number of anilines is 7. The van der Waals surface area contributed by atoms with Gasteiger partial charge in [-0.05, 0) is 71.1 Å². The Hall–Kier alpha value is -10.4. The summed E-state index contributed by atoms with van der Waals surface area (Å²) in [6, 6.07) is 13.6. The average molecular weight is 1160 g/mol. The molecular weight excluding hydrogens is 1120 g/mol. The van der Waals surface area contributed by atoms with Crippen LogP contribution < -0.4 is 26.3 Å². The second-order valence-corrected chi connectivity index (χ2v) is 15.0. The maximum absolute atomic E-state index is 11.5. The lowest BCUT2D eigenvalue weighted by atomic mass is 10.2. The van der Waals surface area contributed by atoms with E-state index in [0.717, 1.165) is 9.39 Å². The Kier molecular flexibility index (Phi) is 24.9. The fourth-order valence-electron chi connectivity index (χ4n) is 5.55. The maximum atomic E-state index is 11.5. The molecule has 10 heterocycles. The van der Waals surface area contributed by atoms with Gasteiger partial charge in [-0.3, -0.25) is 39.9 Å². The molecular formula is C47H42F2IN23O4. The number of aromatic nitrogens is 18. The summed E-state index contributed by atoms with van der Waals surface area (Å²) in [5.74, 6) is 3.40. The van der Waals surface area contributed by atoms with Crippen molar-refractivity contribution in [2.75, 3.05) is 28.0 Å². The molecule has 10 aromatic heterocycles. The van der Waals surface area contributed by atoms with Gasteiger partial charge in [0.05, 0.1) is 67.5 Å². The highest BCUT2D eigenvalue weighted by Crippen LogP contribution is 2.23. The number of carbonyl (C=O) groups is 2. The fraction of sp³-hybridized carbons (Fsp3) is 0.0638. The molecule has 0 saturated heterocycles. The summed E-state index contributed by atoms with van der Waals surface area (Å²) in [5, 5.41) is 11.6. The van der Waals surface area contributed by atoms with E-state index >= 15 is 0 Å². The molecule has 390 valence electrons. The summed E-state index contributed by atoms with van der Waals surface area (Å²) in [5.41, 5.74) is 8.86. The molecule has 0 saturated carbocycles. The van der Waals surface area contributed by atoms with Crippen LogP contribution in [0.5, 0.6) is 0 Å². The summed E-state index contributed by atoms with van der Waals surface area (Å²) < 4.78 is 21.6. The van der Waals surface area contributed by atoms with Crippen LogP contribution in [0.4, 0.5) is 49.9 Å². The van der Waals surface area contributed by atoms with Gasteiger partial charge >= 0.3 is 5.97 Å². The Bertz CT molecular complexity index is 2870. The van der Waals surface area contributed by atoms with Gasteiger partial charge < -0.3 is 25.6 Å². The van der Waals surface area contributed by atoms with Crippen molar-refractivity contribution >= 4 is 75.2 Å². The van der Waals surface area contributed by atoms with Crippen LogP contribution in [0.1, 0.15) is 32.1 Å². The van der Waals surface area contributed by atoms with Crippen LogP contribution >= 0.6 is 22.6 Å². The number of nitrogens with zero attached hydrogens (tertiary/aromatic N) is 20. The number of pyridine rings is 2. The molecule has 10 rings (SSSR count). The number of carbonyl (C=O) groups excluding carboxylic acids is 2. The molecule has 0 bridgehead atoms. The number of methoxy groups -OCH3 is 1. The number of esters is 1. The summed E-state index contributed by atoms with van der Waals surface area (Å²) in [7, 11) is 1.33. The number of nitrogens with one attached hydrogen (secondary N) is 2. The molecule has 27 nitrogen and oxygen atoms in total. The van der Waals surface area contributed by atoms with Crippen LogP contribution in [0.2, 0.25) is 0 Å². The van der Waals surface area contributed by atoms with Crippen molar-refractivity contribution < 1.29 is 28.7 Å². The van der Waals surface area contributed by atoms with E-state index in [-0.39, 0.29) is 5.56 Å². The van der Waals surface area contributed by atoms with Crippen LogP contribution in [-0.2, 0) is 17.8 Å². The van der Waals surface area contributed by atoms with Crippen molar-refractivity contribution in [3.8, 4) is 0 Å². The van der Waals surface area contributed by atoms with Gasteiger partial charge in [0.25, 0.3) is 5.91 Å². The number of hydrogen-bond donors (Lipinski definition) is 4. The molecule has 0 fully saturated rings. The van der Waals surface area contributed by atoms with E-state index in [1.54, 1.807) is 153 Å². The second kappa shape index (κ2) is 33.4. The predicted octanol–water partition coefficient (Wildman–Crippen LogP) is 5.90. The Morgan fingerprint density at radius 1 is 0.506 bits per heavy atom. The summed E-state index contributed by atoms with van der Waals surface area (Å²) in [4.78, 5) is 98.9.